The summed E-state index contributed by atoms with van der Waals surface area (Å²) in [5, 5.41) is 10.9. The summed E-state index contributed by atoms with van der Waals surface area (Å²) in [5.74, 6) is 0.788. The maximum absolute atomic E-state index is 10.5. The zero-order valence-corrected chi connectivity index (χ0v) is 13.6. The van der Waals surface area contributed by atoms with E-state index in [0.717, 1.165) is 18.8 Å². The van der Waals surface area contributed by atoms with E-state index in [1.54, 1.807) is 24.3 Å². The number of rotatable bonds is 12. The second kappa shape index (κ2) is 11.9. The van der Waals surface area contributed by atoms with Gasteiger partial charge in [-0.3, -0.25) is 5.32 Å². The minimum Gasteiger partial charge on any atom is -0.494 e. The molecule has 0 radical (unpaired) electrons. The maximum Gasteiger partial charge on any atom is 0.409 e. The first-order valence-electron chi connectivity index (χ1n) is 8.45. The molecule has 0 spiro atoms. The van der Waals surface area contributed by atoms with Crippen molar-refractivity contribution in [3.63, 3.8) is 0 Å². The zero-order valence-electron chi connectivity index (χ0n) is 13.6. The number of hydrogen-bond donors (Lipinski definition) is 2. The van der Waals surface area contributed by atoms with Crippen LogP contribution in [0.1, 0.15) is 64.7 Å². The highest BCUT2D eigenvalue weighted by atomic mass is 16.5. The monoisotopic (exact) mass is 307 g/mol. The van der Waals surface area contributed by atoms with Crippen molar-refractivity contribution < 1.29 is 14.6 Å². The van der Waals surface area contributed by atoms with Gasteiger partial charge in [-0.15, -0.1) is 0 Å². The molecule has 22 heavy (non-hydrogen) atoms. The first kappa shape index (κ1) is 18.3. The molecule has 1 aromatic rings. The molecule has 1 amide bonds. The van der Waals surface area contributed by atoms with Gasteiger partial charge in [-0.25, -0.2) is 4.79 Å². The van der Waals surface area contributed by atoms with E-state index in [2.05, 4.69) is 12.2 Å². The van der Waals surface area contributed by atoms with E-state index in [1.165, 1.54) is 51.4 Å². The van der Waals surface area contributed by atoms with Crippen LogP contribution in [0.3, 0.4) is 0 Å². The highest BCUT2D eigenvalue weighted by molar-refractivity contribution is 5.82. The van der Waals surface area contributed by atoms with Crippen molar-refractivity contribution in [1.82, 2.24) is 0 Å². The maximum atomic E-state index is 10.5. The molecule has 2 N–H and O–H groups in total. The van der Waals surface area contributed by atoms with Crippen molar-refractivity contribution in [3.8, 4) is 5.75 Å². The molecule has 0 fully saturated rings. The Morgan fingerprint density at radius 2 is 1.50 bits per heavy atom. The molecule has 0 aliphatic rings. The van der Waals surface area contributed by atoms with Gasteiger partial charge in [0.1, 0.15) is 5.75 Å². The predicted molar refractivity (Wildman–Crippen MR) is 90.8 cm³/mol. The summed E-state index contributed by atoms with van der Waals surface area (Å²) in [6, 6.07) is 7.00. The van der Waals surface area contributed by atoms with Gasteiger partial charge in [-0.05, 0) is 30.7 Å². The molecular weight excluding hydrogens is 278 g/mol. The molecule has 0 unspecified atom stereocenters. The molecule has 0 bridgehead atoms. The minimum absolute atomic E-state index is 0.558. The number of nitrogens with one attached hydrogen (secondary N) is 1. The van der Waals surface area contributed by atoms with Crippen LogP contribution in [-0.4, -0.2) is 17.8 Å². The van der Waals surface area contributed by atoms with Gasteiger partial charge in [0.05, 0.1) is 6.61 Å². The van der Waals surface area contributed by atoms with Crippen LogP contribution in [-0.2, 0) is 0 Å². The quantitative estimate of drug-likeness (QED) is 0.488. The second-order valence-corrected chi connectivity index (χ2v) is 5.63. The molecule has 0 heterocycles. The van der Waals surface area contributed by atoms with Crippen molar-refractivity contribution >= 4 is 11.8 Å². The summed E-state index contributed by atoms with van der Waals surface area (Å²) in [5.41, 5.74) is 0.558. The van der Waals surface area contributed by atoms with Crippen LogP contribution in [0.4, 0.5) is 10.5 Å². The summed E-state index contributed by atoms with van der Waals surface area (Å²) in [4.78, 5) is 10.5. The molecule has 1 aromatic carbocycles. The molecular formula is C18H29NO3. The first-order valence-corrected chi connectivity index (χ1v) is 8.45. The van der Waals surface area contributed by atoms with E-state index >= 15 is 0 Å². The molecule has 0 aliphatic carbocycles. The molecule has 0 atom stereocenters. The number of hydrogen-bond acceptors (Lipinski definition) is 2. The van der Waals surface area contributed by atoms with Crippen molar-refractivity contribution in [2.75, 3.05) is 11.9 Å². The fourth-order valence-electron chi connectivity index (χ4n) is 2.36. The third kappa shape index (κ3) is 9.27. The first-order chi connectivity index (χ1) is 10.7. The topological polar surface area (TPSA) is 58.6 Å². The molecule has 0 saturated carbocycles. The van der Waals surface area contributed by atoms with Gasteiger partial charge >= 0.3 is 6.09 Å². The van der Waals surface area contributed by atoms with Crippen LogP contribution < -0.4 is 10.1 Å². The second-order valence-electron chi connectivity index (χ2n) is 5.63. The van der Waals surface area contributed by atoms with Gasteiger partial charge in [0.2, 0.25) is 0 Å². The van der Waals surface area contributed by atoms with Crippen LogP contribution in [0.5, 0.6) is 5.75 Å². The molecule has 1 rings (SSSR count). The van der Waals surface area contributed by atoms with Crippen LogP contribution >= 0.6 is 0 Å². The van der Waals surface area contributed by atoms with Crippen molar-refractivity contribution in [3.05, 3.63) is 24.3 Å². The summed E-state index contributed by atoms with van der Waals surface area (Å²) >= 11 is 0. The van der Waals surface area contributed by atoms with E-state index in [1.807, 2.05) is 0 Å². The summed E-state index contributed by atoms with van der Waals surface area (Å²) in [6.45, 7) is 2.97. The fraction of sp³-hybridized carbons (Fsp3) is 0.611. The van der Waals surface area contributed by atoms with Crippen LogP contribution in [0, 0.1) is 0 Å². The van der Waals surface area contributed by atoms with Gasteiger partial charge in [0, 0.05) is 5.69 Å². The van der Waals surface area contributed by atoms with E-state index in [0.29, 0.717) is 5.69 Å². The average molecular weight is 307 g/mol. The van der Waals surface area contributed by atoms with Gasteiger partial charge in [-0.1, -0.05) is 58.3 Å². The normalized spacial score (nSPS) is 10.4. The average Bonchev–Trinajstić information content (AvgIpc) is 2.50. The van der Waals surface area contributed by atoms with Crippen LogP contribution in [0.15, 0.2) is 24.3 Å². The Balaban J connectivity index is 1.99. The van der Waals surface area contributed by atoms with Crippen molar-refractivity contribution in [1.29, 1.82) is 0 Å². The standard InChI is InChI=1S/C18H29NO3/c1-2-3-4-5-6-7-8-9-10-15-22-17-13-11-16(12-14-17)19-18(20)21/h11-14,19H,2-10,15H2,1H3,(H,20,21). The Morgan fingerprint density at radius 1 is 0.955 bits per heavy atom. The lowest BCUT2D eigenvalue weighted by atomic mass is 10.1. The van der Waals surface area contributed by atoms with Crippen LogP contribution in [0.2, 0.25) is 0 Å². The lowest BCUT2D eigenvalue weighted by Gasteiger charge is -2.07. The number of anilines is 1. The van der Waals surface area contributed by atoms with E-state index in [-0.39, 0.29) is 0 Å². The number of carboxylic acid groups (broad SMARTS) is 1. The number of unbranched alkanes of at least 4 members (excludes halogenated alkanes) is 8. The molecule has 4 heteroatoms. The SMILES string of the molecule is CCCCCCCCCCCOc1ccc(NC(=O)O)cc1. The Kier molecular flexibility index (Phi) is 9.92. The van der Waals surface area contributed by atoms with E-state index < -0.39 is 6.09 Å². The Labute approximate surface area is 133 Å². The minimum atomic E-state index is -1.05. The highest BCUT2D eigenvalue weighted by Gasteiger charge is 1.99. The molecule has 4 nitrogen and oxygen atoms in total. The third-order valence-corrected chi connectivity index (χ3v) is 3.62. The largest absolute Gasteiger partial charge is 0.494 e. The molecule has 0 aromatic heterocycles. The van der Waals surface area contributed by atoms with Gasteiger partial charge < -0.3 is 9.84 Å². The van der Waals surface area contributed by atoms with Crippen molar-refractivity contribution in [2.24, 2.45) is 0 Å². The predicted octanol–water partition coefficient (Wildman–Crippen LogP) is 5.69. The lowest BCUT2D eigenvalue weighted by Crippen LogP contribution is -2.06. The van der Waals surface area contributed by atoms with Crippen molar-refractivity contribution in [2.45, 2.75) is 64.7 Å². The molecule has 0 aliphatic heterocycles. The number of amides is 1. The Hall–Kier alpha value is -1.71. The Bertz CT molecular complexity index is 403. The van der Waals surface area contributed by atoms with Gasteiger partial charge in [0.25, 0.3) is 0 Å². The number of carbonyl (C=O) groups is 1. The van der Waals surface area contributed by atoms with E-state index in [9.17, 15) is 4.79 Å². The van der Waals surface area contributed by atoms with Crippen LogP contribution in [0.25, 0.3) is 0 Å². The summed E-state index contributed by atoms with van der Waals surface area (Å²) < 4.78 is 5.65. The third-order valence-electron chi connectivity index (χ3n) is 3.62. The van der Waals surface area contributed by atoms with Gasteiger partial charge in [-0.2, -0.15) is 0 Å². The Morgan fingerprint density at radius 3 is 2.05 bits per heavy atom. The molecule has 0 saturated heterocycles. The van der Waals surface area contributed by atoms with E-state index in [4.69, 9.17) is 9.84 Å². The van der Waals surface area contributed by atoms with Gasteiger partial charge in [0.15, 0.2) is 0 Å². The summed E-state index contributed by atoms with van der Waals surface area (Å²) in [6.07, 6.45) is 10.7. The number of ether oxygens (including phenoxy) is 1. The highest BCUT2D eigenvalue weighted by Crippen LogP contribution is 2.16. The fourth-order valence-corrected chi connectivity index (χ4v) is 2.36. The molecule has 124 valence electrons. The zero-order chi connectivity index (χ0) is 16.0. The number of benzene rings is 1. The smallest absolute Gasteiger partial charge is 0.409 e. The lowest BCUT2D eigenvalue weighted by molar-refractivity contribution is 0.209. The summed E-state index contributed by atoms with van der Waals surface area (Å²) in [7, 11) is 0.